The molecule has 35 heteroatoms. The largest absolute Gasteiger partial charge is 0.394 e. The standard InChI is InChI=1S/C42H72O35/c43-1-10-18(52)19(53)25(59)37(66-10)73-32-12(3-45)68-39(27(61)21(32)55)75-34-14(5-47)70-41(29(63)23(34)57)77-36-16(7-49)71-42(30(64)24(36)58)76-35-15(6-48)69-40(28(62)22(35)56)74-33-13(4-46)67-38(26(60)20(33)54)72-31-11(2-44)65-8-9(50)17(31)51/h9-64H,1-8H2. The fourth-order valence-corrected chi connectivity index (χ4v) is 9.95. The summed E-state index contributed by atoms with van der Waals surface area (Å²) < 4.78 is 72.3. The van der Waals surface area contributed by atoms with Gasteiger partial charge in [0.05, 0.1) is 52.9 Å². The van der Waals surface area contributed by atoms with Crippen LogP contribution in [0, 0.1) is 0 Å². The van der Waals surface area contributed by atoms with Gasteiger partial charge in [-0.3, -0.25) is 0 Å². The molecule has 7 fully saturated rings. The van der Waals surface area contributed by atoms with Gasteiger partial charge in [-0.1, -0.05) is 0 Å². The van der Waals surface area contributed by atoms with Crippen molar-refractivity contribution in [1.82, 2.24) is 0 Å². The van der Waals surface area contributed by atoms with Crippen LogP contribution in [-0.2, 0) is 61.6 Å². The topological polar surface area (TPSA) is 565 Å². The Balaban J connectivity index is 0.947. The SMILES string of the molecule is OCC1OC(OC2C(CO)OC(OC3C(CO)OC(OC4C(CO)OC(OC5C(CO)OC(OC6C(CO)OC(OC7C(CO)OCC(O)C7O)C(O)C6O)C(O)C5O)C(O)C4O)C(O)C3O)C(O)C2O)C(O)C(O)C1O. The lowest BCUT2D eigenvalue weighted by atomic mass is 9.95. The molecule has 0 aliphatic carbocycles. The molecule has 34 unspecified atom stereocenters. The highest BCUT2D eigenvalue weighted by atomic mass is 16.8. The lowest BCUT2D eigenvalue weighted by Gasteiger charge is -2.50. The van der Waals surface area contributed by atoms with E-state index in [9.17, 15) is 112 Å². The van der Waals surface area contributed by atoms with Crippen molar-refractivity contribution in [2.45, 2.75) is 209 Å². The molecule has 0 bridgehead atoms. The summed E-state index contributed by atoms with van der Waals surface area (Å²) in [5, 5.41) is 233. The van der Waals surface area contributed by atoms with Crippen LogP contribution in [0.3, 0.4) is 0 Å². The lowest BCUT2D eigenvalue weighted by molar-refractivity contribution is -0.397. The van der Waals surface area contributed by atoms with Gasteiger partial charge in [0.15, 0.2) is 37.7 Å². The fourth-order valence-electron chi connectivity index (χ4n) is 9.95. The first-order valence-electron chi connectivity index (χ1n) is 24.5. The minimum absolute atomic E-state index is 0.368. The van der Waals surface area contributed by atoms with E-state index in [0.29, 0.717) is 0 Å². The van der Waals surface area contributed by atoms with Crippen LogP contribution in [0.25, 0.3) is 0 Å². The van der Waals surface area contributed by atoms with Gasteiger partial charge in [-0.2, -0.15) is 0 Å². The van der Waals surface area contributed by atoms with Crippen LogP contribution in [0.5, 0.6) is 0 Å². The second-order valence-corrected chi connectivity index (χ2v) is 19.4. The van der Waals surface area contributed by atoms with Crippen molar-refractivity contribution in [3.63, 3.8) is 0 Å². The van der Waals surface area contributed by atoms with E-state index in [1.54, 1.807) is 0 Å². The third-order valence-electron chi connectivity index (χ3n) is 14.5. The van der Waals surface area contributed by atoms with Crippen molar-refractivity contribution in [2.75, 3.05) is 52.9 Å². The number of aliphatic hydroxyl groups is 22. The molecule has 7 aliphatic heterocycles. The molecule has 0 aromatic heterocycles. The maximum Gasteiger partial charge on any atom is 0.187 e. The van der Waals surface area contributed by atoms with E-state index >= 15 is 0 Å². The van der Waals surface area contributed by atoms with E-state index in [1.807, 2.05) is 0 Å². The summed E-state index contributed by atoms with van der Waals surface area (Å²) in [7, 11) is 0. The molecule has 0 saturated carbocycles. The Kier molecular flexibility index (Phi) is 22.4. The molecule has 7 saturated heterocycles. The summed E-state index contributed by atoms with van der Waals surface area (Å²) >= 11 is 0. The van der Waals surface area contributed by atoms with E-state index in [0.717, 1.165) is 0 Å². The average Bonchev–Trinajstić information content (AvgIpc) is 3.43. The number of hydrogen-bond donors (Lipinski definition) is 22. The molecule has 22 N–H and O–H groups in total. The third kappa shape index (κ3) is 13.0. The Morgan fingerprint density at radius 3 is 0.675 bits per heavy atom. The van der Waals surface area contributed by atoms with E-state index < -0.39 is 255 Å². The zero-order valence-corrected chi connectivity index (χ0v) is 40.4. The second-order valence-electron chi connectivity index (χ2n) is 19.4. The molecule has 0 radical (unpaired) electrons. The monoisotopic (exact) mass is 1140 g/mol. The fraction of sp³-hybridized carbons (Fsp3) is 1.00. The molecular weight excluding hydrogens is 1060 g/mol. The van der Waals surface area contributed by atoms with Crippen molar-refractivity contribution >= 4 is 0 Å². The molecule has 7 rings (SSSR count). The first-order valence-corrected chi connectivity index (χ1v) is 24.5. The van der Waals surface area contributed by atoms with Crippen LogP contribution in [-0.4, -0.2) is 374 Å². The highest BCUT2D eigenvalue weighted by Crippen LogP contribution is 2.37. The van der Waals surface area contributed by atoms with Crippen LogP contribution < -0.4 is 0 Å². The summed E-state index contributed by atoms with van der Waals surface area (Å²) in [5.41, 5.74) is 0. The molecular formula is C42H72O35. The smallest absolute Gasteiger partial charge is 0.187 e. The van der Waals surface area contributed by atoms with Crippen LogP contribution in [0.15, 0.2) is 0 Å². The zero-order valence-electron chi connectivity index (χ0n) is 40.4. The van der Waals surface area contributed by atoms with Gasteiger partial charge in [0.25, 0.3) is 0 Å². The molecule has 7 aliphatic rings. The van der Waals surface area contributed by atoms with Gasteiger partial charge < -0.3 is 174 Å². The quantitative estimate of drug-likeness (QED) is 0.0571. The van der Waals surface area contributed by atoms with Crippen LogP contribution in [0.1, 0.15) is 0 Å². The maximum atomic E-state index is 11.3. The first kappa shape index (κ1) is 63.2. The van der Waals surface area contributed by atoms with Crippen LogP contribution in [0.2, 0.25) is 0 Å². The predicted molar refractivity (Wildman–Crippen MR) is 231 cm³/mol. The summed E-state index contributed by atoms with van der Waals surface area (Å²) in [6.07, 6.45) is -63.6. The van der Waals surface area contributed by atoms with Gasteiger partial charge in [-0.25, -0.2) is 0 Å². The Hall–Kier alpha value is -1.40. The Morgan fingerprint density at radius 2 is 0.442 bits per heavy atom. The van der Waals surface area contributed by atoms with E-state index in [-0.39, 0.29) is 6.61 Å². The molecule has 0 aromatic rings. The minimum atomic E-state index is -2.21. The molecule has 35 nitrogen and oxygen atoms in total. The Morgan fingerprint density at radius 1 is 0.234 bits per heavy atom. The Labute approximate surface area is 435 Å². The number of rotatable bonds is 19. The molecule has 0 amide bonds. The third-order valence-corrected chi connectivity index (χ3v) is 14.5. The van der Waals surface area contributed by atoms with Crippen molar-refractivity contribution in [3.05, 3.63) is 0 Å². The van der Waals surface area contributed by atoms with Gasteiger partial charge in [-0.05, 0) is 0 Å². The van der Waals surface area contributed by atoms with Crippen molar-refractivity contribution < 1.29 is 174 Å². The maximum absolute atomic E-state index is 11.3. The first-order chi connectivity index (χ1) is 36.6. The average molecular weight is 1140 g/mol. The summed E-state index contributed by atoms with van der Waals surface area (Å²) in [6, 6.07) is 0. The van der Waals surface area contributed by atoms with E-state index in [4.69, 9.17) is 61.6 Å². The number of aliphatic hydroxyl groups excluding tert-OH is 22. The van der Waals surface area contributed by atoms with Crippen LogP contribution >= 0.6 is 0 Å². The summed E-state index contributed by atoms with van der Waals surface area (Å²) in [6.45, 7) is -6.97. The van der Waals surface area contributed by atoms with Gasteiger partial charge in [-0.15, -0.1) is 0 Å². The van der Waals surface area contributed by atoms with Gasteiger partial charge in [0.2, 0.25) is 0 Å². The summed E-state index contributed by atoms with van der Waals surface area (Å²) in [5.74, 6) is 0. The molecule has 77 heavy (non-hydrogen) atoms. The van der Waals surface area contributed by atoms with Crippen molar-refractivity contribution in [3.8, 4) is 0 Å². The van der Waals surface area contributed by atoms with E-state index in [1.165, 1.54) is 0 Å². The van der Waals surface area contributed by atoms with Gasteiger partial charge in [0, 0.05) is 0 Å². The highest BCUT2D eigenvalue weighted by molar-refractivity contribution is 5.00. The minimum Gasteiger partial charge on any atom is -0.394 e. The van der Waals surface area contributed by atoms with Crippen LogP contribution in [0.4, 0.5) is 0 Å². The number of ether oxygens (including phenoxy) is 13. The molecule has 450 valence electrons. The zero-order chi connectivity index (χ0) is 56.5. The van der Waals surface area contributed by atoms with Crippen molar-refractivity contribution in [2.24, 2.45) is 0 Å². The van der Waals surface area contributed by atoms with E-state index in [2.05, 4.69) is 0 Å². The molecule has 7 heterocycles. The molecule has 0 aromatic carbocycles. The predicted octanol–water partition coefficient (Wildman–Crippen LogP) is -15.6. The lowest BCUT2D eigenvalue weighted by Crippen LogP contribution is -2.68. The summed E-state index contributed by atoms with van der Waals surface area (Å²) in [4.78, 5) is 0. The second kappa shape index (κ2) is 27.3. The number of hydrogen-bond acceptors (Lipinski definition) is 35. The van der Waals surface area contributed by atoms with Gasteiger partial charge >= 0.3 is 0 Å². The van der Waals surface area contributed by atoms with Gasteiger partial charge in [0.1, 0.15) is 171 Å². The normalized spacial score (nSPS) is 53.1. The molecule has 34 atom stereocenters. The van der Waals surface area contributed by atoms with Crippen molar-refractivity contribution in [1.29, 1.82) is 0 Å². The highest BCUT2D eigenvalue weighted by Gasteiger charge is 2.58. The molecule has 0 spiro atoms. The Bertz CT molecular complexity index is 1770.